The molecule has 9 nitrogen and oxygen atoms in total. The minimum atomic E-state index is -4.04. The number of aromatic nitrogens is 4. The van der Waals surface area contributed by atoms with Crippen LogP contribution in [-0.4, -0.2) is 39.6 Å². The van der Waals surface area contributed by atoms with Crippen LogP contribution in [0.1, 0.15) is 16.7 Å². The molecule has 0 unspecified atom stereocenters. The van der Waals surface area contributed by atoms with Crippen LogP contribution in [0.4, 0.5) is 5.69 Å². The van der Waals surface area contributed by atoms with Crippen LogP contribution in [0, 0.1) is 13.5 Å². The van der Waals surface area contributed by atoms with Gasteiger partial charge in [0.2, 0.25) is 5.69 Å². The van der Waals surface area contributed by atoms with Crippen LogP contribution in [0.5, 0.6) is 0 Å². The van der Waals surface area contributed by atoms with E-state index in [1.807, 2.05) is 43.5 Å². The lowest BCUT2D eigenvalue weighted by Crippen LogP contribution is -2.13. The standard InChI is InChI=1S/C29H23N5O4S2/c1-19-9-11-22(12-10-19)40(36,37)34-17-24(27-25(30-2)16-32-29(33-27)39-3)23-13-21(15-31-28(23)34)14-26(35)38-18-20-7-5-4-6-8-20/h4-13,15-17H,14,18H2,1,3H3. The number of hydrogen-bond donors (Lipinski definition) is 0. The maximum Gasteiger partial charge on any atom is 0.310 e. The summed E-state index contributed by atoms with van der Waals surface area (Å²) in [5.74, 6) is -0.452. The average molecular weight is 570 g/mol. The third kappa shape index (κ3) is 5.45. The van der Waals surface area contributed by atoms with Crippen LogP contribution in [0.25, 0.3) is 27.1 Å². The van der Waals surface area contributed by atoms with Crippen molar-refractivity contribution in [1.82, 2.24) is 18.9 Å². The molecule has 0 N–H and O–H groups in total. The second-order valence-corrected chi connectivity index (χ2v) is 11.5. The van der Waals surface area contributed by atoms with Gasteiger partial charge in [0.15, 0.2) is 10.8 Å². The molecule has 40 heavy (non-hydrogen) atoms. The molecule has 5 rings (SSSR count). The Balaban J connectivity index is 1.60. The molecule has 0 radical (unpaired) electrons. The monoisotopic (exact) mass is 569 g/mol. The number of ether oxygens (including phenoxy) is 1. The molecule has 0 saturated carbocycles. The van der Waals surface area contributed by atoms with Crippen LogP contribution in [0.15, 0.2) is 89.3 Å². The van der Waals surface area contributed by atoms with Crippen molar-refractivity contribution in [1.29, 1.82) is 0 Å². The normalized spacial score (nSPS) is 11.3. The van der Waals surface area contributed by atoms with Crippen molar-refractivity contribution in [2.24, 2.45) is 0 Å². The first-order chi connectivity index (χ1) is 19.3. The van der Waals surface area contributed by atoms with Crippen molar-refractivity contribution in [2.75, 3.05) is 6.26 Å². The Morgan fingerprint density at radius 2 is 1.80 bits per heavy atom. The summed E-state index contributed by atoms with van der Waals surface area (Å²) < 4.78 is 33.9. The number of fused-ring (bicyclic) bond motifs is 1. The Labute approximate surface area is 235 Å². The molecule has 0 aliphatic heterocycles. The molecule has 0 atom stereocenters. The molecule has 11 heteroatoms. The number of nitrogens with zero attached hydrogens (tertiary/aromatic N) is 5. The first-order valence-corrected chi connectivity index (χ1v) is 14.8. The number of pyridine rings is 1. The molecule has 0 spiro atoms. The van der Waals surface area contributed by atoms with Gasteiger partial charge < -0.3 is 4.74 Å². The Morgan fingerprint density at radius 3 is 2.50 bits per heavy atom. The van der Waals surface area contributed by atoms with Crippen molar-refractivity contribution >= 4 is 44.5 Å². The second-order valence-electron chi connectivity index (χ2n) is 8.90. The van der Waals surface area contributed by atoms with Crippen molar-refractivity contribution in [3.8, 4) is 11.3 Å². The molecule has 3 aromatic heterocycles. The highest BCUT2D eigenvalue weighted by Crippen LogP contribution is 2.37. The summed E-state index contributed by atoms with van der Waals surface area (Å²) in [4.78, 5) is 29.4. The van der Waals surface area contributed by atoms with Crippen molar-refractivity contribution < 1.29 is 17.9 Å². The third-order valence-electron chi connectivity index (χ3n) is 6.14. The Kier molecular flexibility index (Phi) is 7.64. The maximum absolute atomic E-state index is 13.7. The molecule has 0 saturated heterocycles. The highest BCUT2D eigenvalue weighted by Gasteiger charge is 2.25. The fourth-order valence-electron chi connectivity index (χ4n) is 4.11. The highest BCUT2D eigenvalue weighted by atomic mass is 32.2. The van der Waals surface area contributed by atoms with E-state index in [1.54, 1.807) is 18.2 Å². The molecular formula is C29H23N5O4S2. The van der Waals surface area contributed by atoms with E-state index in [2.05, 4.69) is 19.8 Å². The summed E-state index contributed by atoms with van der Waals surface area (Å²) in [5.41, 5.74) is 3.30. The molecule has 0 fully saturated rings. The fourth-order valence-corrected chi connectivity index (χ4v) is 5.77. The fraction of sp³-hybridized carbons (Fsp3) is 0.138. The lowest BCUT2D eigenvalue weighted by atomic mass is 10.1. The smallest absolute Gasteiger partial charge is 0.310 e. The predicted molar refractivity (Wildman–Crippen MR) is 153 cm³/mol. The lowest BCUT2D eigenvalue weighted by Gasteiger charge is -2.08. The Morgan fingerprint density at radius 1 is 1.05 bits per heavy atom. The number of rotatable bonds is 8. The van der Waals surface area contributed by atoms with Crippen LogP contribution < -0.4 is 0 Å². The van der Waals surface area contributed by atoms with Gasteiger partial charge in [-0.2, -0.15) is 0 Å². The van der Waals surface area contributed by atoms with Gasteiger partial charge in [-0.25, -0.2) is 32.2 Å². The zero-order valence-electron chi connectivity index (χ0n) is 21.6. The first kappa shape index (κ1) is 27.1. The molecule has 3 heterocycles. The van der Waals surface area contributed by atoms with E-state index < -0.39 is 16.0 Å². The summed E-state index contributed by atoms with van der Waals surface area (Å²) in [6.45, 7) is 9.65. The summed E-state index contributed by atoms with van der Waals surface area (Å²) in [5, 5.41) is 0.859. The van der Waals surface area contributed by atoms with Gasteiger partial charge >= 0.3 is 5.97 Å². The minimum absolute atomic E-state index is 0.0688. The zero-order chi connectivity index (χ0) is 28.3. The van der Waals surface area contributed by atoms with Gasteiger partial charge in [-0.05, 0) is 42.5 Å². The third-order valence-corrected chi connectivity index (χ3v) is 8.37. The van der Waals surface area contributed by atoms with E-state index in [-0.39, 0.29) is 35.0 Å². The molecule has 0 aliphatic rings. The first-order valence-electron chi connectivity index (χ1n) is 12.1. The topological polar surface area (TPSA) is 108 Å². The molecule has 0 bridgehead atoms. The van der Waals surface area contributed by atoms with E-state index in [4.69, 9.17) is 11.3 Å². The number of aryl methyl sites for hydroxylation is 1. The Hall–Kier alpha value is -4.53. The zero-order valence-corrected chi connectivity index (χ0v) is 23.2. The minimum Gasteiger partial charge on any atom is -0.461 e. The summed E-state index contributed by atoms with van der Waals surface area (Å²) in [6.07, 6.45) is 6.03. The van der Waals surface area contributed by atoms with Crippen molar-refractivity contribution in [2.45, 2.75) is 30.0 Å². The number of hydrogen-bond acceptors (Lipinski definition) is 8. The summed E-state index contributed by atoms with van der Waals surface area (Å²) in [6, 6.07) is 17.5. The number of carbonyl (C=O) groups excluding carboxylic acids is 1. The van der Waals surface area contributed by atoms with E-state index in [0.717, 1.165) is 15.1 Å². The molecule has 2 aromatic carbocycles. The number of esters is 1. The summed E-state index contributed by atoms with van der Waals surface area (Å²) in [7, 11) is -4.04. The van der Waals surface area contributed by atoms with E-state index >= 15 is 0 Å². The quantitative estimate of drug-likeness (QED) is 0.103. The summed E-state index contributed by atoms with van der Waals surface area (Å²) >= 11 is 1.30. The predicted octanol–water partition coefficient (Wildman–Crippen LogP) is 5.60. The number of carbonyl (C=O) groups is 1. The van der Waals surface area contributed by atoms with Crippen LogP contribution in [-0.2, 0) is 32.6 Å². The highest BCUT2D eigenvalue weighted by molar-refractivity contribution is 7.98. The second kappa shape index (κ2) is 11.3. The molecule has 5 aromatic rings. The van der Waals surface area contributed by atoms with Gasteiger partial charge in [-0.1, -0.05) is 59.8 Å². The number of benzene rings is 2. The van der Waals surface area contributed by atoms with Crippen LogP contribution >= 0.6 is 11.8 Å². The van der Waals surface area contributed by atoms with E-state index in [9.17, 15) is 13.2 Å². The van der Waals surface area contributed by atoms with Gasteiger partial charge in [0.25, 0.3) is 10.0 Å². The average Bonchev–Trinajstić information content (AvgIpc) is 3.36. The van der Waals surface area contributed by atoms with Crippen LogP contribution in [0.3, 0.4) is 0 Å². The lowest BCUT2D eigenvalue weighted by molar-refractivity contribution is -0.144. The van der Waals surface area contributed by atoms with Gasteiger partial charge in [0.1, 0.15) is 6.61 Å². The largest absolute Gasteiger partial charge is 0.461 e. The molecule has 0 aliphatic carbocycles. The van der Waals surface area contributed by atoms with Gasteiger partial charge in [-0.15, -0.1) is 0 Å². The van der Waals surface area contributed by atoms with E-state index in [1.165, 1.54) is 42.5 Å². The van der Waals surface area contributed by atoms with Crippen LogP contribution in [0.2, 0.25) is 0 Å². The van der Waals surface area contributed by atoms with Crippen molar-refractivity contribution in [3.05, 3.63) is 107 Å². The van der Waals surface area contributed by atoms with Gasteiger partial charge in [-0.3, -0.25) is 4.79 Å². The molecular weight excluding hydrogens is 546 g/mol. The SMILES string of the molecule is [C-]#[N+]c1cnc(SC)nc1-c1cn(S(=O)(=O)c2ccc(C)cc2)c2ncc(CC(=O)OCc3ccccc3)cc12. The van der Waals surface area contributed by atoms with Crippen molar-refractivity contribution in [3.63, 3.8) is 0 Å². The molecule has 200 valence electrons. The Bertz CT molecular complexity index is 1860. The van der Waals surface area contributed by atoms with Gasteiger partial charge in [0, 0.05) is 29.5 Å². The maximum atomic E-state index is 13.7. The van der Waals surface area contributed by atoms with Gasteiger partial charge in [0.05, 0.1) is 23.6 Å². The van der Waals surface area contributed by atoms with E-state index in [0.29, 0.717) is 21.7 Å². The molecule has 0 amide bonds. The number of thioether (sulfide) groups is 1.